The van der Waals surface area contributed by atoms with E-state index in [9.17, 15) is 4.39 Å². The molecule has 0 aliphatic rings. The van der Waals surface area contributed by atoms with E-state index in [4.69, 9.17) is 21.8 Å². The quantitative estimate of drug-likeness (QED) is 0.907. The van der Waals surface area contributed by atoms with Crippen molar-refractivity contribution in [1.82, 2.24) is 0 Å². The number of halogens is 2. The van der Waals surface area contributed by atoms with Gasteiger partial charge in [-0.25, -0.2) is 4.39 Å². The summed E-state index contributed by atoms with van der Waals surface area (Å²) in [7, 11) is 0. The van der Waals surface area contributed by atoms with Gasteiger partial charge in [-0.2, -0.15) is 0 Å². The minimum absolute atomic E-state index is 0.312. The van der Waals surface area contributed by atoms with Crippen LogP contribution in [0.25, 0.3) is 0 Å². The molecule has 0 fully saturated rings. The third kappa shape index (κ3) is 2.68. The van der Waals surface area contributed by atoms with Crippen molar-refractivity contribution in [1.29, 1.82) is 0 Å². The fourth-order valence-corrected chi connectivity index (χ4v) is 1.99. The third-order valence-electron chi connectivity index (χ3n) is 2.69. The molecule has 1 atom stereocenters. The molecule has 1 unspecified atom stereocenters. The second-order valence-corrected chi connectivity index (χ2v) is 4.42. The zero-order chi connectivity index (χ0) is 12.4. The topological polar surface area (TPSA) is 39.2 Å². The maximum absolute atomic E-state index is 13.1. The number of furan rings is 1. The molecular formula is C13H13ClFNO. The van der Waals surface area contributed by atoms with Crippen LogP contribution in [0.1, 0.15) is 22.9 Å². The van der Waals surface area contributed by atoms with Crippen molar-refractivity contribution in [2.24, 2.45) is 5.73 Å². The van der Waals surface area contributed by atoms with Crippen LogP contribution in [-0.2, 0) is 6.42 Å². The van der Waals surface area contributed by atoms with Gasteiger partial charge in [0.1, 0.15) is 11.6 Å². The lowest BCUT2D eigenvalue weighted by molar-refractivity contribution is 0.461. The number of benzene rings is 1. The predicted molar refractivity (Wildman–Crippen MR) is 65.5 cm³/mol. The molecule has 0 bridgehead atoms. The van der Waals surface area contributed by atoms with Crippen molar-refractivity contribution < 1.29 is 8.81 Å². The predicted octanol–water partition coefficient (Wildman–Crippen LogP) is 3.62. The molecule has 1 aromatic heterocycles. The smallest absolute Gasteiger partial charge is 0.123 e. The van der Waals surface area contributed by atoms with Crippen LogP contribution in [0.2, 0.25) is 5.02 Å². The summed E-state index contributed by atoms with van der Waals surface area (Å²) in [5.41, 5.74) is 7.70. The molecule has 1 heterocycles. The van der Waals surface area contributed by atoms with Gasteiger partial charge in [-0.1, -0.05) is 11.6 Å². The van der Waals surface area contributed by atoms with Crippen LogP contribution < -0.4 is 5.73 Å². The Kier molecular flexibility index (Phi) is 3.50. The number of hydrogen-bond acceptors (Lipinski definition) is 2. The lowest BCUT2D eigenvalue weighted by atomic mass is 10.0. The van der Waals surface area contributed by atoms with E-state index in [1.54, 1.807) is 6.26 Å². The summed E-state index contributed by atoms with van der Waals surface area (Å²) in [5, 5.41) is 0.519. The fraction of sp³-hybridized carbons (Fsp3) is 0.231. The van der Waals surface area contributed by atoms with Gasteiger partial charge >= 0.3 is 0 Å². The molecule has 0 aliphatic carbocycles. The van der Waals surface area contributed by atoms with Crippen molar-refractivity contribution in [2.75, 3.05) is 0 Å². The monoisotopic (exact) mass is 253 g/mol. The molecule has 0 amide bonds. The van der Waals surface area contributed by atoms with E-state index in [-0.39, 0.29) is 11.9 Å². The van der Waals surface area contributed by atoms with Crippen LogP contribution in [-0.4, -0.2) is 0 Å². The van der Waals surface area contributed by atoms with E-state index in [0.717, 1.165) is 5.56 Å². The second kappa shape index (κ2) is 4.90. The van der Waals surface area contributed by atoms with Gasteiger partial charge in [-0.05, 0) is 48.7 Å². The molecule has 2 N–H and O–H groups in total. The largest absolute Gasteiger partial charge is 0.467 e. The number of aryl methyl sites for hydroxylation is 1. The first kappa shape index (κ1) is 12.1. The fourth-order valence-electron chi connectivity index (χ4n) is 1.79. The molecule has 0 saturated heterocycles. The van der Waals surface area contributed by atoms with Gasteiger partial charge < -0.3 is 10.2 Å². The maximum atomic E-state index is 13.1. The highest BCUT2D eigenvalue weighted by Crippen LogP contribution is 2.25. The van der Waals surface area contributed by atoms with Gasteiger partial charge in [0.2, 0.25) is 0 Å². The average Bonchev–Trinajstić information content (AvgIpc) is 2.70. The Morgan fingerprint density at radius 1 is 1.41 bits per heavy atom. The Morgan fingerprint density at radius 2 is 2.18 bits per heavy atom. The van der Waals surface area contributed by atoms with E-state index in [1.165, 1.54) is 18.2 Å². The van der Waals surface area contributed by atoms with Crippen LogP contribution >= 0.6 is 11.6 Å². The molecule has 2 nitrogen and oxygen atoms in total. The van der Waals surface area contributed by atoms with Crippen LogP contribution in [0.3, 0.4) is 0 Å². The van der Waals surface area contributed by atoms with Crippen LogP contribution in [0.5, 0.6) is 0 Å². The Bertz CT molecular complexity index is 524. The summed E-state index contributed by atoms with van der Waals surface area (Å²) in [4.78, 5) is 0. The Morgan fingerprint density at radius 3 is 2.82 bits per heavy atom. The zero-order valence-corrected chi connectivity index (χ0v) is 10.2. The number of hydrogen-bond donors (Lipinski definition) is 1. The average molecular weight is 254 g/mol. The first-order valence-electron chi connectivity index (χ1n) is 5.31. The van der Waals surface area contributed by atoms with Gasteiger partial charge in [-0.15, -0.1) is 0 Å². The highest BCUT2D eigenvalue weighted by molar-refractivity contribution is 6.31. The van der Waals surface area contributed by atoms with Crippen LogP contribution in [0, 0.1) is 12.7 Å². The maximum Gasteiger partial charge on any atom is 0.123 e. The van der Waals surface area contributed by atoms with Crippen molar-refractivity contribution >= 4 is 11.6 Å². The number of rotatable bonds is 3. The molecule has 2 rings (SSSR count). The van der Waals surface area contributed by atoms with Crippen LogP contribution in [0.4, 0.5) is 4.39 Å². The summed E-state index contributed by atoms with van der Waals surface area (Å²) in [6.45, 7) is 1.92. The molecule has 1 aromatic carbocycles. The summed E-state index contributed by atoms with van der Waals surface area (Å²) >= 11 is 5.99. The van der Waals surface area contributed by atoms with Gasteiger partial charge in [0, 0.05) is 5.02 Å². The highest BCUT2D eigenvalue weighted by atomic mass is 35.5. The Hall–Kier alpha value is -1.32. The minimum Gasteiger partial charge on any atom is -0.467 e. The van der Waals surface area contributed by atoms with Gasteiger partial charge in [0.15, 0.2) is 0 Å². The SMILES string of the molecule is Cc1ccoc1C(N)Cc1cc(F)ccc1Cl. The first-order valence-corrected chi connectivity index (χ1v) is 5.69. The van der Waals surface area contributed by atoms with E-state index in [1.807, 2.05) is 13.0 Å². The molecule has 0 saturated carbocycles. The Balaban J connectivity index is 2.21. The highest BCUT2D eigenvalue weighted by Gasteiger charge is 2.15. The standard InChI is InChI=1S/C13H13ClFNO/c1-8-4-5-17-13(8)12(16)7-9-6-10(15)2-3-11(9)14/h2-6,12H,7,16H2,1H3. The molecule has 4 heteroatoms. The van der Waals surface area contributed by atoms with E-state index < -0.39 is 0 Å². The molecule has 2 aromatic rings. The molecule has 0 radical (unpaired) electrons. The second-order valence-electron chi connectivity index (χ2n) is 4.01. The van der Waals surface area contributed by atoms with Crippen molar-refractivity contribution in [3.05, 3.63) is 58.3 Å². The number of nitrogens with two attached hydrogens (primary N) is 1. The third-order valence-corrected chi connectivity index (χ3v) is 3.05. The molecule has 90 valence electrons. The van der Waals surface area contributed by atoms with Crippen molar-refractivity contribution in [3.63, 3.8) is 0 Å². The Labute approximate surface area is 104 Å². The first-order chi connectivity index (χ1) is 8.08. The molecular weight excluding hydrogens is 241 g/mol. The van der Waals surface area contributed by atoms with Gasteiger partial charge in [0.25, 0.3) is 0 Å². The molecule has 17 heavy (non-hydrogen) atoms. The minimum atomic E-state index is -0.315. The normalized spacial score (nSPS) is 12.7. The van der Waals surface area contributed by atoms with Crippen LogP contribution in [0.15, 0.2) is 34.9 Å². The zero-order valence-electron chi connectivity index (χ0n) is 9.41. The summed E-state index contributed by atoms with van der Waals surface area (Å²) in [6, 6.07) is 5.80. The summed E-state index contributed by atoms with van der Waals surface area (Å²) in [5.74, 6) is 0.401. The van der Waals surface area contributed by atoms with Gasteiger partial charge in [0.05, 0.1) is 12.3 Å². The van der Waals surface area contributed by atoms with E-state index in [0.29, 0.717) is 22.8 Å². The summed E-state index contributed by atoms with van der Waals surface area (Å²) in [6.07, 6.45) is 2.04. The van der Waals surface area contributed by atoms with E-state index in [2.05, 4.69) is 0 Å². The lowest BCUT2D eigenvalue weighted by Gasteiger charge is -2.11. The molecule has 0 aliphatic heterocycles. The summed E-state index contributed by atoms with van der Waals surface area (Å²) < 4.78 is 18.4. The van der Waals surface area contributed by atoms with Crippen molar-refractivity contribution in [3.8, 4) is 0 Å². The molecule has 0 spiro atoms. The van der Waals surface area contributed by atoms with E-state index >= 15 is 0 Å². The van der Waals surface area contributed by atoms with Gasteiger partial charge in [-0.3, -0.25) is 0 Å². The lowest BCUT2D eigenvalue weighted by Crippen LogP contribution is -2.14. The van der Waals surface area contributed by atoms with Crippen molar-refractivity contribution in [2.45, 2.75) is 19.4 Å².